The summed E-state index contributed by atoms with van der Waals surface area (Å²) >= 11 is 7.35. The lowest BCUT2D eigenvalue weighted by Gasteiger charge is -2.12. The van der Waals surface area contributed by atoms with Crippen LogP contribution in [0.4, 0.5) is 5.69 Å². The summed E-state index contributed by atoms with van der Waals surface area (Å²) in [5.41, 5.74) is 2.24. The molecule has 0 radical (unpaired) electrons. The molecule has 2 heterocycles. The SMILES string of the molecule is COc1ccc(Cl)cc1-c1nc(SC(C)C(=O)Nc2cccc3ncccc23)n[nH]1. The van der Waals surface area contributed by atoms with Gasteiger partial charge in [-0.25, -0.2) is 4.98 Å². The predicted molar refractivity (Wildman–Crippen MR) is 119 cm³/mol. The van der Waals surface area contributed by atoms with Crippen LogP contribution >= 0.6 is 23.4 Å². The number of nitrogens with one attached hydrogen (secondary N) is 2. The highest BCUT2D eigenvalue weighted by atomic mass is 35.5. The molecule has 7 nitrogen and oxygen atoms in total. The van der Waals surface area contributed by atoms with Gasteiger partial charge < -0.3 is 10.1 Å². The summed E-state index contributed by atoms with van der Waals surface area (Å²) in [4.78, 5) is 21.5. The first-order valence-corrected chi connectivity index (χ1v) is 10.4. The van der Waals surface area contributed by atoms with Crippen molar-refractivity contribution in [3.8, 4) is 17.1 Å². The molecule has 0 aliphatic carbocycles. The number of nitrogens with zero attached hydrogens (tertiary/aromatic N) is 3. The van der Waals surface area contributed by atoms with Crippen molar-refractivity contribution in [2.24, 2.45) is 0 Å². The maximum atomic E-state index is 12.7. The third-order valence-corrected chi connectivity index (χ3v) is 5.63. The van der Waals surface area contributed by atoms with Gasteiger partial charge in [0.2, 0.25) is 11.1 Å². The Morgan fingerprint density at radius 1 is 1.23 bits per heavy atom. The zero-order chi connectivity index (χ0) is 21.1. The van der Waals surface area contributed by atoms with Crippen LogP contribution in [0.2, 0.25) is 5.02 Å². The molecule has 0 aliphatic rings. The predicted octanol–water partition coefficient (Wildman–Crippen LogP) is 4.80. The number of hydrogen-bond donors (Lipinski definition) is 2. The summed E-state index contributed by atoms with van der Waals surface area (Å²) < 4.78 is 5.36. The van der Waals surface area contributed by atoms with E-state index < -0.39 is 5.25 Å². The minimum atomic E-state index is -0.415. The second-order valence-electron chi connectivity index (χ2n) is 6.44. The number of H-pyrrole nitrogens is 1. The molecule has 1 amide bonds. The molecule has 30 heavy (non-hydrogen) atoms. The van der Waals surface area contributed by atoms with Crippen LogP contribution in [0.1, 0.15) is 6.92 Å². The van der Waals surface area contributed by atoms with E-state index in [1.807, 2.05) is 30.3 Å². The summed E-state index contributed by atoms with van der Waals surface area (Å²) in [5, 5.41) is 11.6. The number of hydrogen-bond acceptors (Lipinski definition) is 6. The average Bonchev–Trinajstić information content (AvgIpc) is 3.22. The van der Waals surface area contributed by atoms with Gasteiger partial charge in [-0.15, -0.1) is 5.10 Å². The Morgan fingerprint density at radius 2 is 2.10 bits per heavy atom. The van der Waals surface area contributed by atoms with E-state index in [4.69, 9.17) is 16.3 Å². The maximum Gasteiger partial charge on any atom is 0.237 e. The van der Waals surface area contributed by atoms with Gasteiger partial charge in [-0.3, -0.25) is 14.9 Å². The van der Waals surface area contributed by atoms with E-state index in [9.17, 15) is 4.79 Å². The van der Waals surface area contributed by atoms with Gasteiger partial charge in [-0.2, -0.15) is 0 Å². The summed E-state index contributed by atoms with van der Waals surface area (Å²) in [5.74, 6) is 0.995. The van der Waals surface area contributed by atoms with Gasteiger partial charge in [-0.1, -0.05) is 29.4 Å². The van der Waals surface area contributed by atoms with Gasteiger partial charge in [0.1, 0.15) is 5.75 Å². The van der Waals surface area contributed by atoms with Crippen LogP contribution in [0.15, 0.2) is 59.9 Å². The lowest BCUT2D eigenvalue weighted by molar-refractivity contribution is -0.115. The molecule has 2 aromatic carbocycles. The first-order valence-electron chi connectivity index (χ1n) is 9.12. The highest BCUT2D eigenvalue weighted by molar-refractivity contribution is 8.00. The maximum absolute atomic E-state index is 12.7. The third kappa shape index (κ3) is 4.24. The fourth-order valence-corrected chi connectivity index (χ4v) is 3.84. The lowest BCUT2D eigenvalue weighted by atomic mass is 10.2. The van der Waals surface area contributed by atoms with Crippen LogP contribution in [0.25, 0.3) is 22.3 Å². The normalized spacial score (nSPS) is 12.0. The van der Waals surface area contributed by atoms with E-state index in [1.165, 1.54) is 11.8 Å². The first-order chi connectivity index (χ1) is 14.5. The van der Waals surface area contributed by atoms with Gasteiger partial charge in [-0.05, 0) is 49.4 Å². The fourth-order valence-electron chi connectivity index (χ4n) is 2.94. The molecule has 0 saturated carbocycles. The quantitative estimate of drug-likeness (QED) is 0.419. The molecule has 0 fully saturated rings. The summed E-state index contributed by atoms with van der Waals surface area (Å²) in [6.07, 6.45) is 1.72. The van der Waals surface area contributed by atoms with Crippen LogP contribution in [-0.4, -0.2) is 38.4 Å². The number of fused-ring (bicyclic) bond motifs is 1. The van der Waals surface area contributed by atoms with E-state index in [0.29, 0.717) is 27.3 Å². The number of benzene rings is 2. The van der Waals surface area contributed by atoms with Crippen molar-refractivity contribution >= 4 is 45.9 Å². The van der Waals surface area contributed by atoms with Crippen molar-refractivity contribution in [3.05, 3.63) is 59.8 Å². The number of carbonyl (C=O) groups excluding carboxylic acids is 1. The molecule has 1 unspecified atom stereocenters. The third-order valence-electron chi connectivity index (χ3n) is 4.44. The topological polar surface area (TPSA) is 92.8 Å². The Hall–Kier alpha value is -3.10. The van der Waals surface area contributed by atoms with Crippen molar-refractivity contribution in [1.82, 2.24) is 20.2 Å². The van der Waals surface area contributed by atoms with Crippen molar-refractivity contribution in [2.75, 3.05) is 12.4 Å². The van der Waals surface area contributed by atoms with Gasteiger partial charge in [0.25, 0.3) is 0 Å². The Kier molecular flexibility index (Phi) is 5.87. The van der Waals surface area contributed by atoms with Crippen LogP contribution in [-0.2, 0) is 4.79 Å². The minimum Gasteiger partial charge on any atom is -0.496 e. The number of methoxy groups -OCH3 is 1. The number of pyridine rings is 1. The Balaban J connectivity index is 1.49. The molecule has 4 aromatic rings. The number of amides is 1. The number of ether oxygens (including phenoxy) is 1. The highest BCUT2D eigenvalue weighted by Crippen LogP contribution is 2.32. The van der Waals surface area contributed by atoms with Crippen LogP contribution in [0, 0.1) is 0 Å². The standard InChI is InChI=1S/C21H18ClN5O2S/c1-12(20(28)24-17-7-3-6-16-14(17)5-4-10-23-16)30-21-25-19(26-27-21)15-11-13(22)8-9-18(15)29-2/h3-12H,1-2H3,(H,24,28)(H,25,26,27). The van der Waals surface area contributed by atoms with E-state index >= 15 is 0 Å². The molecule has 2 aromatic heterocycles. The Labute approximate surface area is 182 Å². The largest absolute Gasteiger partial charge is 0.496 e. The second-order valence-corrected chi connectivity index (χ2v) is 8.18. The van der Waals surface area contributed by atoms with E-state index in [-0.39, 0.29) is 5.91 Å². The molecular weight excluding hydrogens is 422 g/mol. The van der Waals surface area contributed by atoms with E-state index in [0.717, 1.165) is 16.6 Å². The Bertz CT molecular complexity index is 1210. The first kappa shape index (κ1) is 20.2. The lowest BCUT2D eigenvalue weighted by Crippen LogP contribution is -2.22. The van der Waals surface area contributed by atoms with Crippen molar-refractivity contribution in [1.29, 1.82) is 0 Å². The zero-order valence-corrected chi connectivity index (χ0v) is 17.8. The molecule has 0 saturated heterocycles. The molecular formula is C21H18ClN5O2S. The fraction of sp³-hybridized carbons (Fsp3) is 0.143. The van der Waals surface area contributed by atoms with Gasteiger partial charge in [0.15, 0.2) is 5.82 Å². The molecule has 2 N–H and O–H groups in total. The molecule has 0 spiro atoms. The number of thioether (sulfide) groups is 1. The van der Waals surface area contributed by atoms with Crippen LogP contribution in [0.3, 0.4) is 0 Å². The van der Waals surface area contributed by atoms with Crippen molar-refractivity contribution in [2.45, 2.75) is 17.3 Å². The average molecular weight is 440 g/mol. The van der Waals surface area contributed by atoms with Gasteiger partial charge in [0, 0.05) is 16.6 Å². The Morgan fingerprint density at radius 3 is 2.93 bits per heavy atom. The molecule has 9 heteroatoms. The van der Waals surface area contributed by atoms with E-state index in [1.54, 1.807) is 38.4 Å². The second kappa shape index (κ2) is 8.73. The summed E-state index contributed by atoms with van der Waals surface area (Å²) in [6, 6.07) is 14.7. The number of halogens is 1. The van der Waals surface area contributed by atoms with Crippen molar-refractivity contribution in [3.63, 3.8) is 0 Å². The summed E-state index contributed by atoms with van der Waals surface area (Å²) in [6.45, 7) is 1.80. The van der Waals surface area contributed by atoms with Crippen LogP contribution in [0.5, 0.6) is 5.75 Å². The summed E-state index contributed by atoms with van der Waals surface area (Å²) in [7, 11) is 1.58. The van der Waals surface area contributed by atoms with Gasteiger partial charge in [0.05, 0.1) is 29.1 Å². The highest BCUT2D eigenvalue weighted by Gasteiger charge is 2.19. The number of anilines is 1. The number of rotatable bonds is 6. The molecule has 0 bridgehead atoms. The van der Waals surface area contributed by atoms with E-state index in [2.05, 4.69) is 25.5 Å². The minimum absolute atomic E-state index is 0.150. The zero-order valence-electron chi connectivity index (χ0n) is 16.2. The van der Waals surface area contributed by atoms with Crippen molar-refractivity contribution < 1.29 is 9.53 Å². The molecule has 152 valence electrons. The molecule has 0 aliphatic heterocycles. The molecule has 1 atom stereocenters. The van der Waals surface area contributed by atoms with Crippen LogP contribution < -0.4 is 10.1 Å². The van der Waals surface area contributed by atoms with Gasteiger partial charge >= 0.3 is 0 Å². The molecule has 4 rings (SSSR count). The number of carbonyl (C=O) groups is 1. The monoisotopic (exact) mass is 439 g/mol. The number of aromatic amines is 1. The number of aromatic nitrogens is 4. The smallest absolute Gasteiger partial charge is 0.237 e.